The molecule has 8 heteroatoms. The number of carbonyl (C=O) groups excluding carboxylic acids is 2. The maximum Gasteiger partial charge on any atom is 0.337 e. The van der Waals surface area contributed by atoms with Gasteiger partial charge in [-0.3, -0.25) is 4.79 Å². The van der Waals surface area contributed by atoms with E-state index in [1.54, 1.807) is 35.6 Å². The van der Waals surface area contributed by atoms with Crippen LogP contribution in [0.1, 0.15) is 50.3 Å². The third-order valence-corrected chi connectivity index (χ3v) is 5.82. The number of esters is 1. The van der Waals surface area contributed by atoms with E-state index in [1.165, 1.54) is 13.3 Å². The predicted molar refractivity (Wildman–Crippen MR) is 103 cm³/mol. The second-order valence-electron chi connectivity index (χ2n) is 6.65. The number of methoxy groups -OCH3 is 1. The van der Waals surface area contributed by atoms with Crippen LogP contribution in [-0.2, 0) is 4.74 Å². The van der Waals surface area contributed by atoms with Crippen LogP contribution in [0.4, 0.5) is 0 Å². The number of aromatic nitrogens is 2. The van der Waals surface area contributed by atoms with Gasteiger partial charge in [-0.15, -0.1) is 11.3 Å². The van der Waals surface area contributed by atoms with Gasteiger partial charge in [0.25, 0.3) is 5.91 Å². The summed E-state index contributed by atoms with van der Waals surface area (Å²) in [5.41, 5.74) is 2.26. The fourth-order valence-electron chi connectivity index (χ4n) is 3.45. The number of carbonyl (C=O) groups is 2. The topological polar surface area (TPSA) is 85.5 Å². The Morgan fingerprint density at radius 2 is 2.11 bits per heavy atom. The van der Waals surface area contributed by atoms with Crippen molar-refractivity contribution in [2.45, 2.75) is 25.8 Å². The minimum atomic E-state index is -0.510. The Bertz CT molecular complexity index is 1010. The third kappa shape index (κ3) is 3.43. The van der Waals surface area contributed by atoms with Crippen molar-refractivity contribution in [1.29, 1.82) is 0 Å². The number of aryl methyl sites for hydroxylation is 1. The monoisotopic (exact) mass is 397 g/mol. The van der Waals surface area contributed by atoms with Crippen LogP contribution in [0.2, 0.25) is 0 Å². The number of hydrogen-bond acceptors (Lipinski definition) is 7. The summed E-state index contributed by atoms with van der Waals surface area (Å²) in [5.74, 6) is -0.167. The molecular formula is C20H19N3O4S. The first kappa shape index (κ1) is 18.4. The van der Waals surface area contributed by atoms with Gasteiger partial charge in [-0.25, -0.2) is 9.78 Å². The number of thiazole rings is 1. The Hall–Kier alpha value is -3.00. The number of likely N-dealkylation sites (tertiary alicyclic amines) is 1. The molecule has 7 nitrogen and oxygen atoms in total. The zero-order valence-electron chi connectivity index (χ0n) is 15.5. The lowest BCUT2D eigenvalue weighted by Crippen LogP contribution is -2.30. The lowest BCUT2D eigenvalue weighted by atomic mass is 10.0. The number of nitrogens with zero attached hydrogens (tertiary/aromatic N) is 3. The van der Waals surface area contributed by atoms with E-state index in [0.29, 0.717) is 29.0 Å². The van der Waals surface area contributed by atoms with Gasteiger partial charge in [0, 0.05) is 34.8 Å². The quantitative estimate of drug-likeness (QED) is 0.621. The number of benzene rings is 1. The van der Waals surface area contributed by atoms with Crippen LogP contribution in [-0.4, -0.2) is 40.6 Å². The van der Waals surface area contributed by atoms with Gasteiger partial charge in [-0.2, -0.15) is 0 Å². The fraction of sp³-hybridized carbons (Fsp3) is 0.300. The second-order valence-corrected chi connectivity index (χ2v) is 7.54. The number of amides is 1. The summed E-state index contributed by atoms with van der Waals surface area (Å²) in [6.45, 7) is 2.60. The van der Waals surface area contributed by atoms with E-state index in [-0.39, 0.29) is 11.9 Å². The summed E-state index contributed by atoms with van der Waals surface area (Å²) in [6.07, 6.45) is 3.31. The highest BCUT2D eigenvalue weighted by Crippen LogP contribution is 2.35. The molecule has 0 spiro atoms. The van der Waals surface area contributed by atoms with E-state index in [0.717, 1.165) is 23.5 Å². The van der Waals surface area contributed by atoms with Crippen LogP contribution >= 0.6 is 11.3 Å². The minimum absolute atomic E-state index is 0.0401. The Morgan fingerprint density at radius 1 is 1.29 bits per heavy atom. The van der Waals surface area contributed by atoms with Gasteiger partial charge in [-0.05, 0) is 38.0 Å². The summed E-state index contributed by atoms with van der Waals surface area (Å²) >= 11 is 1.57. The van der Waals surface area contributed by atoms with Crippen molar-refractivity contribution in [3.05, 3.63) is 57.7 Å². The highest BCUT2D eigenvalue weighted by atomic mass is 32.1. The lowest BCUT2D eigenvalue weighted by molar-refractivity contribution is 0.0600. The molecule has 3 aromatic rings. The molecule has 0 N–H and O–H groups in total. The maximum atomic E-state index is 13.3. The number of hydrogen-bond donors (Lipinski definition) is 0. The molecule has 1 atom stereocenters. The molecule has 1 amide bonds. The van der Waals surface area contributed by atoms with Crippen LogP contribution < -0.4 is 0 Å². The third-order valence-electron chi connectivity index (χ3n) is 4.76. The predicted octanol–water partition coefficient (Wildman–Crippen LogP) is 3.87. The van der Waals surface area contributed by atoms with Crippen LogP contribution in [0, 0.1) is 6.92 Å². The van der Waals surface area contributed by atoms with Crippen molar-refractivity contribution >= 4 is 23.2 Å². The fourth-order valence-corrected chi connectivity index (χ4v) is 4.39. The van der Waals surface area contributed by atoms with Crippen molar-refractivity contribution < 1.29 is 18.8 Å². The molecule has 0 aliphatic carbocycles. The van der Waals surface area contributed by atoms with E-state index in [1.807, 2.05) is 17.2 Å². The zero-order chi connectivity index (χ0) is 19.7. The molecular weight excluding hydrogens is 378 g/mol. The van der Waals surface area contributed by atoms with Gasteiger partial charge in [0.2, 0.25) is 0 Å². The van der Waals surface area contributed by atoms with Gasteiger partial charge in [-0.1, -0.05) is 5.16 Å². The Balaban J connectivity index is 1.71. The standard InChI is InChI=1S/C20H19N3O4S/c1-12-11-28-18(22-12)16-4-3-7-23(16)19(24)14-8-13(17-5-6-21-27-17)9-15(10-14)20(25)26-2/h5-6,8-11,16H,3-4,7H2,1-2H3. The molecule has 1 unspecified atom stereocenters. The molecule has 144 valence electrons. The van der Waals surface area contributed by atoms with Crippen LogP contribution in [0.5, 0.6) is 0 Å². The minimum Gasteiger partial charge on any atom is -0.465 e. The molecule has 0 radical (unpaired) electrons. The van der Waals surface area contributed by atoms with E-state index >= 15 is 0 Å². The van der Waals surface area contributed by atoms with Crippen molar-refractivity contribution in [3.63, 3.8) is 0 Å². The molecule has 1 fully saturated rings. The van der Waals surface area contributed by atoms with Gasteiger partial charge < -0.3 is 14.2 Å². The zero-order valence-corrected chi connectivity index (χ0v) is 16.4. The summed E-state index contributed by atoms with van der Waals surface area (Å²) in [7, 11) is 1.31. The largest absolute Gasteiger partial charge is 0.465 e. The van der Waals surface area contributed by atoms with Gasteiger partial charge in [0.1, 0.15) is 5.01 Å². The molecule has 1 aromatic carbocycles. The van der Waals surface area contributed by atoms with Crippen LogP contribution in [0.25, 0.3) is 11.3 Å². The Labute approximate surface area is 165 Å². The SMILES string of the molecule is COC(=O)c1cc(C(=O)N2CCCC2c2nc(C)cs2)cc(-c2ccno2)c1. The highest BCUT2D eigenvalue weighted by Gasteiger charge is 2.33. The summed E-state index contributed by atoms with van der Waals surface area (Å²) in [6, 6.07) is 6.56. The summed E-state index contributed by atoms with van der Waals surface area (Å²) in [5, 5.41) is 6.65. The van der Waals surface area contributed by atoms with Crippen LogP contribution in [0.15, 0.2) is 40.4 Å². The molecule has 1 aliphatic rings. The average Bonchev–Trinajstić information content (AvgIpc) is 3.47. The maximum absolute atomic E-state index is 13.3. The average molecular weight is 397 g/mol. The van der Waals surface area contributed by atoms with Crippen molar-refractivity contribution in [2.24, 2.45) is 0 Å². The molecule has 28 heavy (non-hydrogen) atoms. The van der Waals surface area contributed by atoms with Crippen molar-refractivity contribution in [3.8, 4) is 11.3 Å². The molecule has 2 aromatic heterocycles. The van der Waals surface area contributed by atoms with Crippen molar-refractivity contribution in [1.82, 2.24) is 15.0 Å². The molecule has 4 rings (SSSR count). The second kappa shape index (κ2) is 7.55. The Kier molecular flexibility index (Phi) is 4.95. The first-order chi connectivity index (χ1) is 13.6. The van der Waals surface area contributed by atoms with Crippen molar-refractivity contribution in [2.75, 3.05) is 13.7 Å². The van der Waals surface area contributed by atoms with E-state index in [4.69, 9.17) is 9.26 Å². The number of ether oxygens (including phenoxy) is 1. The molecule has 1 saturated heterocycles. The highest BCUT2D eigenvalue weighted by molar-refractivity contribution is 7.09. The normalized spacial score (nSPS) is 16.4. The molecule has 0 saturated carbocycles. The smallest absolute Gasteiger partial charge is 0.337 e. The van der Waals surface area contributed by atoms with E-state index < -0.39 is 5.97 Å². The lowest BCUT2D eigenvalue weighted by Gasteiger charge is -2.23. The Morgan fingerprint density at radius 3 is 2.79 bits per heavy atom. The van der Waals surface area contributed by atoms with E-state index in [9.17, 15) is 9.59 Å². The van der Waals surface area contributed by atoms with Gasteiger partial charge in [0.05, 0.1) is 24.9 Å². The van der Waals surface area contributed by atoms with Gasteiger partial charge >= 0.3 is 5.97 Å². The molecule has 3 heterocycles. The molecule has 1 aliphatic heterocycles. The van der Waals surface area contributed by atoms with Crippen LogP contribution in [0.3, 0.4) is 0 Å². The summed E-state index contributed by atoms with van der Waals surface area (Å²) in [4.78, 5) is 31.8. The van der Waals surface area contributed by atoms with Gasteiger partial charge in [0.15, 0.2) is 5.76 Å². The number of rotatable bonds is 4. The molecule has 0 bridgehead atoms. The van der Waals surface area contributed by atoms with E-state index in [2.05, 4.69) is 10.1 Å². The summed E-state index contributed by atoms with van der Waals surface area (Å²) < 4.78 is 10.0. The first-order valence-electron chi connectivity index (χ1n) is 8.94. The first-order valence-corrected chi connectivity index (χ1v) is 9.82.